The Bertz CT molecular complexity index is 967. The van der Waals surface area contributed by atoms with Gasteiger partial charge < -0.3 is 19.5 Å². The molecular weight excluding hydrogens is 372 g/mol. The molecule has 0 fully saturated rings. The zero-order valence-corrected chi connectivity index (χ0v) is 16.9. The van der Waals surface area contributed by atoms with Crippen LogP contribution in [0.5, 0.6) is 17.2 Å². The highest BCUT2D eigenvalue weighted by Gasteiger charge is 2.39. The number of carbonyl (C=O) groups is 2. The predicted molar refractivity (Wildman–Crippen MR) is 110 cm³/mol. The van der Waals surface area contributed by atoms with Gasteiger partial charge in [0.15, 0.2) is 11.5 Å². The standard InChI is InChI=1S/C22H24N2O5/c1-5-12-24-21(25)19(15-8-6-7-9-16(15)27-2)20(22(24)26)23-14-10-11-17(28-3)18(13-14)29-4/h6-11,13,23H,5,12H2,1-4H3. The molecule has 7 heteroatoms. The Kier molecular flexibility index (Phi) is 6.07. The molecule has 29 heavy (non-hydrogen) atoms. The Morgan fingerprint density at radius 2 is 1.55 bits per heavy atom. The number of hydrogen-bond donors (Lipinski definition) is 1. The number of methoxy groups -OCH3 is 3. The molecule has 2 aromatic carbocycles. The third-order valence-electron chi connectivity index (χ3n) is 4.64. The lowest BCUT2D eigenvalue weighted by molar-refractivity contribution is -0.136. The second-order valence-corrected chi connectivity index (χ2v) is 6.41. The smallest absolute Gasteiger partial charge is 0.278 e. The largest absolute Gasteiger partial charge is 0.496 e. The van der Waals surface area contributed by atoms with Crippen molar-refractivity contribution in [2.45, 2.75) is 13.3 Å². The molecule has 0 saturated heterocycles. The van der Waals surface area contributed by atoms with Crippen LogP contribution >= 0.6 is 0 Å². The molecule has 0 radical (unpaired) electrons. The molecule has 2 aromatic rings. The van der Waals surface area contributed by atoms with Gasteiger partial charge in [-0.3, -0.25) is 14.5 Å². The summed E-state index contributed by atoms with van der Waals surface area (Å²) in [7, 11) is 4.62. The minimum Gasteiger partial charge on any atom is -0.496 e. The monoisotopic (exact) mass is 396 g/mol. The van der Waals surface area contributed by atoms with E-state index in [1.807, 2.05) is 13.0 Å². The van der Waals surface area contributed by atoms with E-state index < -0.39 is 0 Å². The number of hydrogen-bond acceptors (Lipinski definition) is 6. The van der Waals surface area contributed by atoms with Gasteiger partial charge in [-0.15, -0.1) is 0 Å². The van der Waals surface area contributed by atoms with Crippen molar-refractivity contribution in [2.24, 2.45) is 0 Å². The van der Waals surface area contributed by atoms with Crippen LogP contribution in [0.2, 0.25) is 0 Å². The van der Waals surface area contributed by atoms with E-state index in [1.165, 1.54) is 19.1 Å². The Morgan fingerprint density at radius 1 is 0.862 bits per heavy atom. The lowest BCUT2D eigenvalue weighted by Gasteiger charge is -2.14. The molecule has 152 valence electrons. The van der Waals surface area contributed by atoms with E-state index in [-0.39, 0.29) is 23.1 Å². The lowest BCUT2D eigenvalue weighted by atomic mass is 10.0. The fourth-order valence-electron chi connectivity index (χ4n) is 3.28. The number of benzene rings is 2. The fraction of sp³-hybridized carbons (Fsp3) is 0.273. The van der Waals surface area contributed by atoms with Crippen LogP contribution in [0.25, 0.3) is 5.57 Å². The first kappa shape index (κ1) is 20.3. The van der Waals surface area contributed by atoms with Gasteiger partial charge in [0.2, 0.25) is 0 Å². The van der Waals surface area contributed by atoms with E-state index in [2.05, 4.69) is 5.32 Å². The Labute approximate surface area is 169 Å². The Morgan fingerprint density at radius 3 is 2.21 bits per heavy atom. The van der Waals surface area contributed by atoms with Crippen LogP contribution < -0.4 is 19.5 Å². The van der Waals surface area contributed by atoms with Crippen LogP contribution in [0.15, 0.2) is 48.2 Å². The molecule has 0 atom stereocenters. The molecule has 0 aliphatic carbocycles. The summed E-state index contributed by atoms with van der Waals surface area (Å²) in [6.07, 6.45) is 0.667. The zero-order chi connectivity index (χ0) is 21.0. The molecule has 1 N–H and O–H groups in total. The summed E-state index contributed by atoms with van der Waals surface area (Å²) in [4.78, 5) is 27.4. The van der Waals surface area contributed by atoms with Gasteiger partial charge >= 0.3 is 0 Å². The average Bonchev–Trinajstić information content (AvgIpc) is 2.98. The SMILES string of the molecule is CCCN1C(=O)C(Nc2ccc(OC)c(OC)c2)=C(c2ccccc2OC)C1=O. The maximum Gasteiger partial charge on any atom is 0.278 e. The summed E-state index contributed by atoms with van der Waals surface area (Å²) in [5, 5.41) is 3.11. The normalized spacial score (nSPS) is 13.7. The quantitative estimate of drug-likeness (QED) is 0.690. The number of nitrogens with one attached hydrogen (secondary N) is 1. The summed E-state index contributed by atoms with van der Waals surface area (Å²) >= 11 is 0. The van der Waals surface area contributed by atoms with Crippen molar-refractivity contribution in [3.8, 4) is 17.2 Å². The lowest BCUT2D eigenvalue weighted by Crippen LogP contribution is -2.33. The van der Waals surface area contributed by atoms with E-state index >= 15 is 0 Å². The van der Waals surface area contributed by atoms with Crippen molar-refractivity contribution >= 4 is 23.1 Å². The Hall–Kier alpha value is -3.48. The maximum atomic E-state index is 13.1. The van der Waals surface area contributed by atoms with E-state index in [9.17, 15) is 9.59 Å². The van der Waals surface area contributed by atoms with Crippen molar-refractivity contribution in [3.05, 3.63) is 53.7 Å². The highest BCUT2D eigenvalue weighted by Crippen LogP contribution is 2.36. The number of nitrogens with zero attached hydrogens (tertiary/aromatic N) is 1. The predicted octanol–water partition coefficient (Wildman–Crippen LogP) is 3.31. The number of amides is 2. The minimum atomic E-state index is -0.368. The van der Waals surface area contributed by atoms with Gasteiger partial charge in [0.05, 0.1) is 26.9 Å². The first-order valence-electron chi connectivity index (χ1n) is 9.28. The van der Waals surface area contributed by atoms with E-state index in [0.717, 1.165) is 0 Å². The van der Waals surface area contributed by atoms with Crippen molar-refractivity contribution in [2.75, 3.05) is 33.2 Å². The number of imide groups is 1. The van der Waals surface area contributed by atoms with Crippen LogP contribution in [0.1, 0.15) is 18.9 Å². The number of anilines is 1. The minimum absolute atomic E-state index is 0.208. The molecule has 1 aliphatic rings. The number of rotatable bonds is 8. The number of carbonyl (C=O) groups excluding carboxylic acids is 2. The van der Waals surface area contributed by atoms with Gasteiger partial charge in [-0.25, -0.2) is 0 Å². The highest BCUT2D eigenvalue weighted by atomic mass is 16.5. The van der Waals surface area contributed by atoms with Gasteiger partial charge in [0, 0.05) is 23.9 Å². The van der Waals surface area contributed by atoms with Crippen LogP contribution in [0, 0.1) is 0 Å². The molecule has 0 saturated carbocycles. The van der Waals surface area contributed by atoms with Gasteiger partial charge in [-0.1, -0.05) is 25.1 Å². The van der Waals surface area contributed by atoms with Crippen LogP contribution in [-0.4, -0.2) is 44.6 Å². The van der Waals surface area contributed by atoms with E-state index in [0.29, 0.717) is 41.5 Å². The third kappa shape index (κ3) is 3.76. The molecule has 1 heterocycles. The zero-order valence-electron chi connectivity index (χ0n) is 16.9. The maximum absolute atomic E-state index is 13.1. The summed E-state index contributed by atoms with van der Waals surface area (Å²) in [5.74, 6) is 0.892. The van der Waals surface area contributed by atoms with Gasteiger partial charge in [-0.2, -0.15) is 0 Å². The number of ether oxygens (including phenoxy) is 3. The molecule has 1 aliphatic heterocycles. The third-order valence-corrected chi connectivity index (χ3v) is 4.64. The summed E-state index contributed by atoms with van der Waals surface area (Å²) < 4.78 is 16.0. The number of para-hydroxylation sites is 1. The van der Waals surface area contributed by atoms with Gasteiger partial charge in [-0.05, 0) is 24.6 Å². The molecule has 7 nitrogen and oxygen atoms in total. The summed E-state index contributed by atoms with van der Waals surface area (Å²) in [6.45, 7) is 2.26. The summed E-state index contributed by atoms with van der Waals surface area (Å²) in [6, 6.07) is 12.4. The molecule has 2 amide bonds. The Balaban J connectivity index is 2.11. The van der Waals surface area contributed by atoms with Crippen LogP contribution in [-0.2, 0) is 9.59 Å². The molecule has 3 rings (SSSR count). The van der Waals surface area contributed by atoms with Crippen molar-refractivity contribution in [1.82, 2.24) is 4.90 Å². The summed E-state index contributed by atoms with van der Waals surface area (Å²) in [5.41, 5.74) is 1.66. The topological polar surface area (TPSA) is 77.1 Å². The highest BCUT2D eigenvalue weighted by molar-refractivity contribution is 6.37. The van der Waals surface area contributed by atoms with Crippen LogP contribution in [0.3, 0.4) is 0 Å². The second kappa shape index (κ2) is 8.68. The van der Waals surface area contributed by atoms with Crippen molar-refractivity contribution in [3.63, 3.8) is 0 Å². The average molecular weight is 396 g/mol. The first-order chi connectivity index (χ1) is 14.0. The van der Waals surface area contributed by atoms with E-state index in [1.54, 1.807) is 43.5 Å². The molecule has 0 bridgehead atoms. The molecule has 0 aromatic heterocycles. The van der Waals surface area contributed by atoms with Crippen molar-refractivity contribution < 1.29 is 23.8 Å². The molecular formula is C22H24N2O5. The molecule has 0 unspecified atom stereocenters. The van der Waals surface area contributed by atoms with Crippen LogP contribution in [0.4, 0.5) is 5.69 Å². The van der Waals surface area contributed by atoms with E-state index in [4.69, 9.17) is 14.2 Å². The fourth-order valence-corrected chi connectivity index (χ4v) is 3.28. The molecule has 0 spiro atoms. The first-order valence-corrected chi connectivity index (χ1v) is 9.28. The van der Waals surface area contributed by atoms with Gasteiger partial charge in [0.1, 0.15) is 11.4 Å². The van der Waals surface area contributed by atoms with Crippen molar-refractivity contribution in [1.29, 1.82) is 0 Å². The second-order valence-electron chi connectivity index (χ2n) is 6.41. The van der Waals surface area contributed by atoms with Gasteiger partial charge in [0.25, 0.3) is 11.8 Å².